The summed E-state index contributed by atoms with van der Waals surface area (Å²) in [5.74, 6) is -0.224. The first kappa shape index (κ1) is 19.4. The largest absolute Gasteiger partial charge is 0.508 e. The van der Waals surface area contributed by atoms with E-state index in [1.807, 2.05) is 19.9 Å². The normalized spacial score (nSPS) is 16.2. The molecule has 0 atom stereocenters. The van der Waals surface area contributed by atoms with Crippen molar-refractivity contribution in [2.75, 3.05) is 13.1 Å². The van der Waals surface area contributed by atoms with Gasteiger partial charge in [-0.1, -0.05) is 12.1 Å². The van der Waals surface area contributed by atoms with Crippen molar-refractivity contribution in [1.82, 2.24) is 9.62 Å². The van der Waals surface area contributed by atoms with Gasteiger partial charge in [-0.25, -0.2) is 8.42 Å². The number of carbonyl (C=O) groups is 1. The summed E-state index contributed by atoms with van der Waals surface area (Å²) in [6, 6.07) is 11.3. The minimum absolute atomic E-state index is 0.0388. The van der Waals surface area contributed by atoms with Crippen molar-refractivity contribution in [3.05, 3.63) is 59.2 Å². The second-order valence-corrected chi connectivity index (χ2v) is 8.89. The fraction of sp³-hybridized carbons (Fsp3) is 0.350. The average molecular weight is 388 g/mol. The Labute approximate surface area is 159 Å². The fourth-order valence-electron chi connectivity index (χ4n) is 3.18. The molecule has 0 radical (unpaired) electrons. The van der Waals surface area contributed by atoms with E-state index < -0.39 is 10.0 Å². The lowest BCUT2D eigenvalue weighted by molar-refractivity contribution is 0.0923. The third kappa shape index (κ3) is 4.31. The van der Waals surface area contributed by atoms with E-state index in [1.165, 1.54) is 16.4 Å². The van der Waals surface area contributed by atoms with Gasteiger partial charge in [-0.2, -0.15) is 4.31 Å². The van der Waals surface area contributed by atoms with Crippen LogP contribution >= 0.6 is 0 Å². The van der Waals surface area contributed by atoms with Crippen molar-refractivity contribution in [2.24, 2.45) is 0 Å². The number of nitrogens with one attached hydrogen (secondary N) is 1. The van der Waals surface area contributed by atoms with Gasteiger partial charge in [-0.05, 0) is 68.1 Å². The van der Waals surface area contributed by atoms with Crippen LogP contribution in [-0.4, -0.2) is 42.9 Å². The number of carbonyl (C=O) groups excluding carboxylic acids is 1. The van der Waals surface area contributed by atoms with Crippen molar-refractivity contribution in [2.45, 2.75) is 37.6 Å². The Bertz CT molecular complexity index is 948. The number of amides is 1. The number of aryl methyl sites for hydroxylation is 2. The Balaban J connectivity index is 1.62. The average Bonchev–Trinajstić information content (AvgIpc) is 2.64. The van der Waals surface area contributed by atoms with Gasteiger partial charge >= 0.3 is 0 Å². The van der Waals surface area contributed by atoms with E-state index in [2.05, 4.69) is 5.32 Å². The predicted octanol–water partition coefficient (Wildman–Crippen LogP) is 2.59. The molecule has 0 spiro atoms. The number of hydrogen-bond donors (Lipinski definition) is 2. The van der Waals surface area contributed by atoms with Crippen LogP contribution in [0.3, 0.4) is 0 Å². The molecule has 2 aromatic rings. The maximum absolute atomic E-state index is 12.8. The first-order valence-corrected chi connectivity index (χ1v) is 10.4. The summed E-state index contributed by atoms with van der Waals surface area (Å²) < 4.78 is 27.2. The summed E-state index contributed by atoms with van der Waals surface area (Å²) >= 11 is 0. The minimum atomic E-state index is -3.52. The number of phenols is 1. The molecule has 1 aliphatic rings. The van der Waals surface area contributed by atoms with Crippen LogP contribution in [-0.2, 0) is 10.0 Å². The zero-order valence-corrected chi connectivity index (χ0v) is 16.3. The number of hydrogen-bond acceptors (Lipinski definition) is 4. The van der Waals surface area contributed by atoms with Crippen LogP contribution in [0.5, 0.6) is 5.75 Å². The van der Waals surface area contributed by atoms with E-state index in [0.717, 1.165) is 11.1 Å². The van der Waals surface area contributed by atoms with Crippen LogP contribution < -0.4 is 5.32 Å². The zero-order valence-electron chi connectivity index (χ0n) is 15.5. The van der Waals surface area contributed by atoms with Gasteiger partial charge in [0.1, 0.15) is 5.75 Å². The van der Waals surface area contributed by atoms with E-state index in [9.17, 15) is 18.3 Å². The summed E-state index contributed by atoms with van der Waals surface area (Å²) in [7, 11) is -3.52. The number of phenolic OH excluding ortho intramolecular Hbond substituents is 1. The van der Waals surface area contributed by atoms with Crippen molar-refractivity contribution in [3.63, 3.8) is 0 Å². The molecular weight excluding hydrogens is 364 g/mol. The second kappa shape index (κ2) is 7.70. The molecule has 1 fully saturated rings. The summed E-state index contributed by atoms with van der Waals surface area (Å²) in [6.45, 7) is 4.57. The van der Waals surface area contributed by atoms with Gasteiger partial charge in [0.05, 0.1) is 4.90 Å². The Morgan fingerprint density at radius 2 is 1.78 bits per heavy atom. The lowest BCUT2D eigenvalue weighted by Crippen LogP contribution is -2.46. The van der Waals surface area contributed by atoms with Gasteiger partial charge in [-0.3, -0.25) is 4.79 Å². The molecule has 0 aromatic heterocycles. The van der Waals surface area contributed by atoms with Crippen LogP contribution in [0.25, 0.3) is 0 Å². The highest BCUT2D eigenvalue weighted by Crippen LogP contribution is 2.23. The molecule has 2 N–H and O–H groups in total. The molecule has 144 valence electrons. The summed E-state index contributed by atoms with van der Waals surface area (Å²) in [4.78, 5) is 12.6. The van der Waals surface area contributed by atoms with Crippen molar-refractivity contribution >= 4 is 15.9 Å². The van der Waals surface area contributed by atoms with E-state index in [1.54, 1.807) is 24.3 Å². The van der Waals surface area contributed by atoms with Gasteiger partial charge in [-0.15, -0.1) is 0 Å². The molecule has 1 saturated heterocycles. The maximum Gasteiger partial charge on any atom is 0.251 e. The number of aromatic hydroxyl groups is 1. The Hall–Kier alpha value is -2.38. The van der Waals surface area contributed by atoms with Gasteiger partial charge in [0.2, 0.25) is 10.0 Å². The summed E-state index contributed by atoms with van der Waals surface area (Å²) in [5.41, 5.74) is 2.40. The quantitative estimate of drug-likeness (QED) is 0.843. The molecule has 0 aliphatic carbocycles. The molecule has 2 aromatic carbocycles. The Morgan fingerprint density at radius 1 is 1.07 bits per heavy atom. The molecule has 0 bridgehead atoms. The highest BCUT2D eigenvalue weighted by Gasteiger charge is 2.30. The smallest absolute Gasteiger partial charge is 0.251 e. The van der Waals surface area contributed by atoms with Gasteiger partial charge in [0.15, 0.2) is 0 Å². The van der Waals surface area contributed by atoms with Gasteiger partial charge in [0, 0.05) is 24.7 Å². The Kier molecular flexibility index (Phi) is 5.53. The standard InChI is InChI=1S/C20H24N2O4S/c1-14-6-7-19(12-15(14)2)27(25,26)22-10-8-17(9-11-22)21-20(24)16-4-3-5-18(23)13-16/h3-7,12-13,17,23H,8-11H2,1-2H3,(H,21,24). The monoisotopic (exact) mass is 388 g/mol. The number of piperidine rings is 1. The van der Waals surface area contributed by atoms with E-state index in [4.69, 9.17) is 0 Å². The van der Waals surface area contributed by atoms with Crippen molar-refractivity contribution in [1.29, 1.82) is 0 Å². The van der Waals surface area contributed by atoms with Crippen LogP contribution in [0.2, 0.25) is 0 Å². The molecular formula is C20H24N2O4S. The highest BCUT2D eigenvalue weighted by atomic mass is 32.2. The lowest BCUT2D eigenvalue weighted by atomic mass is 10.1. The topological polar surface area (TPSA) is 86.7 Å². The van der Waals surface area contributed by atoms with E-state index in [0.29, 0.717) is 36.4 Å². The van der Waals surface area contributed by atoms with E-state index >= 15 is 0 Å². The SMILES string of the molecule is Cc1ccc(S(=O)(=O)N2CCC(NC(=O)c3cccc(O)c3)CC2)cc1C. The van der Waals surface area contributed by atoms with Crippen LogP contribution in [0.4, 0.5) is 0 Å². The second-order valence-electron chi connectivity index (χ2n) is 6.95. The first-order valence-electron chi connectivity index (χ1n) is 8.94. The molecule has 1 amide bonds. The van der Waals surface area contributed by atoms with Crippen LogP contribution in [0.1, 0.15) is 34.3 Å². The lowest BCUT2D eigenvalue weighted by Gasteiger charge is -2.31. The molecule has 27 heavy (non-hydrogen) atoms. The molecule has 1 heterocycles. The third-order valence-corrected chi connectivity index (χ3v) is 6.91. The Morgan fingerprint density at radius 3 is 2.41 bits per heavy atom. The maximum atomic E-state index is 12.8. The van der Waals surface area contributed by atoms with Crippen molar-refractivity contribution in [3.8, 4) is 5.75 Å². The van der Waals surface area contributed by atoms with Crippen LogP contribution in [0, 0.1) is 13.8 Å². The molecule has 0 unspecified atom stereocenters. The zero-order chi connectivity index (χ0) is 19.6. The molecule has 3 rings (SSSR count). The van der Waals surface area contributed by atoms with E-state index in [-0.39, 0.29) is 17.7 Å². The number of benzene rings is 2. The molecule has 0 saturated carbocycles. The molecule has 1 aliphatic heterocycles. The van der Waals surface area contributed by atoms with Crippen LogP contribution in [0.15, 0.2) is 47.4 Å². The number of rotatable bonds is 4. The highest BCUT2D eigenvalue weighted by molar-refractivity contribution is 7.89. The fourth-order valence-corrected chi connectivity index (χ4v) is 4.74. The van der Waals surface area contributed by atoms with Gasteiger partial charge < -0.3 is 10.4 Å². The number of nitrogens with zero attached hydrogens (tertiary/aromatic N) is 1. The minimum Gasteiger partial charge on any atom is -0.508 e. The first-order chi connectivity index (χ1) is 12.8. The number of sulfonamides is 1. The summed E-state index contributed by atoms with van der Waals surface area (Å²) in [5, 5.41) is 12.4. The third-order valence-electron chi connectivity index (χ3n) is 5.01. The molecule has 6 nitrogen and oxygen atoms in total. The predicted molar refractivity (Wildman–Crippen MR) is 103 cm³/mol. The van der Waals surface area contributed by atoms with Crippen molar-refractivity contribution < 1.29 is 18.3 Å². The molecule has 7 heteroatoms. The summed E-state index contributed by atoms with van der Waals surface area (Å²) in [6.07, 6.45) is 1.10. The van der Waals surface area contributed by atoms with Gasteiger partial charge in [0.25, 0.3) is 5.91 Å².